The molecule has 0 unspecified atom stereocenters. The number of fused-ring (bicyclic) bond motifs is 1. The van der Waals surface area contributed by atoms with Crippen molar-refractivity contribution < 1.29 is 18.8 Å². The Morgan fingerprint density at radius 2 is 1.60 bits per heavy atom. The Morgan fingerprint density at radius 3 is 2.23 bits per heavy atom. The van der Waals surface area contributed by atoms with Crippen LogP contribution in [0, 0.1) is 10.1 Å². The highest BCUT2D eigenvalue weighted by Crippen LogP contribution is 2.43. The smallest absolute Gasteiger partial charge is 0.294 e. The molecule has 5 aromatic rings. The van der Waals surface area contributed by atoms with E-state index in [1.54, 1.807) is 19.4 Å². The van der Waals surface area contributed by atoms with Crippen molar-refractivity contribution in [3.05, 3.63) is 82.8 Å². The first-order valence-electron chi connectivity index (χ1n) is 19.8. The van der Waals surface area contributed by atoms with Gasteiger partial charge in [-0.3, -0.25) is 10.1 Å². The Morgan fingerprint density at radius 1 is 0.895 bits per heavy atom. The molecular formula is C43H60N8O5Si. The third kappa shape index (κ3) is 9.63. The number of nitro groups is 1. The number of hydrogen-bond acceptors (Lipinski definition) is 11. The lowest BCUT2D eigenvalue weighted by molar-refractivity contribution is -0.384. The van der Waals surface area contributed by atoms with Gasteiger partial charge in [0.2, 0.25) is 5.95 Å². The first-order chi connectivity index (χ1) is 27.2. The van der Waals surface area contributed by atoms with Crippen LogP contribution in [-0.2, 0) is 22.3 Å². The summed E-state index contributed by atoms with van der Waals surface area (Å²) in [6.07, 6.45) is 3.15. The van der Waals surface area contributed by atoms with E-state index in [2.05, 4.69) is 86.7 Å². The molecule has 0 saturated heterocycles. The molecule has 2 heterocycles. The molecule has 0 bridgehead atoms. The number of likely N-dealkylation sites (N-methyl/N-ethyl adjacent to an activating group) is 2. The van der Waals surface area contributed by atoms with Crippen molar-refractivity contribution in [1.82, 2.24) is 24.4 Å². The van der Waals surface area contributed by atoms with Crippen molar-refractivity contribution in [2.75, 3.05) is 65.3 Å². The first kappa shape index (κ1) is 43.2. The second kappa shape index (κ2) is 19.0. The van der Waals surface area contributed by atoms with E-state index in [4.69, 9.17) is 23.9 Å². The van der Waals surface area contributed by atoms with Crippen molar-refractivity contribution in [3.8, 4) is 28.4 Å². The van der Waals surface area contributed by atoms with Crippen molar-refractivity contribution in [3.63, 3.8) is 0 Å². The van der Waals surface area contributed by atoms with Crippen LogP contribution in [0.5, 0.6) is 5.75 Å². The Hall–Kier alpha value is -4.89. The average Bonchev–Trinajstić information content (AvgIpc) is 3.54. The molecule has 0 radical (unpaired) electrons. The van der Waals surface area contributed by atoms with Gasteiger partial charge in [0.25, 0.3) is 5.69 Å². The number of nitro benzene ring substituents is 1. The summed E-state index contributed by atoms with van der Waals surface area (Å²) in [5.74, 6) is 1.53. The largest absolute Gasteiger partial charge is 0.494 e. The molecule has 1 N–H and O–H groups in total. The van der Waals surface area contributed by atoms with E-state index in [-0.39, 0.29) is 23.3 Å². The van der Waals surface area contributed by atoms with E-state index in [1.165, 1.54) is 13.2 Å². The summed E-state index contributed by atoms with van der Waals surface area (Å²) in [5, 5.41) is 17.8. The standard InChI is InChI=1S/C43H60N8O5Si/c1-29(2)57(30(3)4,31(5)6)56-24-14-17-40-47-41(34-19-18-32-15-12-13-16-33(32)25-34)42(50(40)28-54-10)35-20-21-44-43(45-35)46-36-26-38(51(52)53)37(27-39(36)55-11)49(9)23-22-48(7)8/h12-13,15-16,18-21,25-27,29-31H,14,17,22-24,28H2,1-11H3,(H,44,45,46). The van der Waals surface area contributed by atoms with Gasteiger partial charge in [-0.2, -0.15) is 0 Å². The molecule has 0 saturated carbocycles. The summed E-state index contributed by atoms with van der Waals surface area (Å²) >= 11 is 0. The Kier molecular flexibility index (Phi) is 14.4. The van der Waals surface area contributed by atoms with Crippen molar-refractivity contribution in [1.29, 1.82) is 0 Å². The van der Waals surface area contributed by atoms with Crippen LogP contribution in [0.1, 0.15) is 53.8 Å². The van der Waals surface area contributed by atoms with Crippen LogP contribution < -0.4 is 15.0 Å². The number of anilines is 3. The Balaban J connectivity index is 1.56. The number of benzene rings is 3. The molecule has 0 fully saturated rings. The highest BCUT2D eigenvalue weighted by molar-refractivity contribution is 6.77. The summed E-state index contributed by atoms with van der Waals surface area (Å²) in [6, 6.07) is 19.6. The van der Waals surface area contributed by atoms with Gasteiger partial charge in [-0.1, -0.05) is 77.9 Å². The molecule has 306 valence electrons. The lowest BCUT2D eigenvalue weighted by Gasteiger charge is -2.42. The van der Waals surface area contributed by atoms with Crippen LogP contribution in [-0.4, -0.2) is 92.7 Å². The second-order valence-corrected chi connectivity index (χ2v) is 21.3. The molecule has 0 atom stereocenters. The fourth-order valence-electron chi connectivity index (χ4n) is 8.15. The third-order valence-corrected chi connectivity index (χ3v) is 17.0. The number of ether oxygens (including phenoxy) is 2. The van der Waals surface area contributed by atoms with Gasteiger partial charge in [0, 0.05) is 64.2 Å². The Labute approximate surface area is 338 Å². The molecule has 5 rings (SSSR count). The number of nitrogens with one attached hydrogen (secondary N) is 1. The normalized spacial score (nSPS) is 12.1. The molecule has 57 heavy (non-hydrogen) atoms. The predicted octanol–water partition coefficient (Wildman–Crippen LogP) is 9.55. The van der Waals surface area contributed by atoms with Gasteiger partial charge in [-0.05, 0) is 60.0 Å². The van der Waals surface area contributed by atoms with Crippen LogP contribution in [0.25, 0.3) is 33.4 Å². The van der Waals surface area contributed by atoms with Crippen LogP contribution in [0.3, 0.4) is 0 Å². The quantitative estimate of drug-likeness (QED) is 0.0350. The van der Waals surface area contributed by atoms with Crippen LogP contribution in [0.4, 0.5) is 23.0 Å². The maximum absolute atomic E-state index is 12.3. The maximum atomic E-state index is 12.3. The summed E-state index contributed by atoms with van der Waals surface area (Å²) < 4.78 is 20.6. The number of methoxy groups -OCH3 is 2. The van der Waals surface area contributed by atoms with E-state index in [9.17, 15) is 10.1 Å². The van der Waals surface area contributed by atoms with E-state index < -0.39 is 8.32 Å². The number of rotatable bonds is 20. The van der Waals surface area contributed by atoms with Gasteiger partial charge in [-0.25, -0.2) is 15.0 Å². The monoisotopic (exact) mass is 796 g/mol. The van der Waals surface area contributed by atoms with Gasteiger partial charge in [0.05, 0.1) is 34.8 Å². The van der Waals surface area contributed by atoms with Crippen molar-refractivity contribution >= 4 is 42.1 Å². The fraction of sp³-hybridized carbons (Fsp3) is 0.465. The SMILES string of the molecule is COCn1c(CCCO[Si](C(C)C)(C(C)C)C(C)C)nc(-c2ccc3ccccc3c2)c1-c1ccnc(Nc2cc([N+](=O)[O-])c(N(C)CCN(C)C)cc2OC)n1. The zero-order valence-electron chi connectivity index (χ0n) is 35.5. The van der Waals surface area contributed by atoms with E-state index in [0.717, 1.165) is 46.5 Å². The van der Waals surface area contributed by atoms with Crippen molar-refractivity contribution in [2.24, 2.45) is 0 Å². The molecule has 13 nitrogen and oxygen atoms in total. The lowest BCUT2D eigenvalue weighted by atomic mass is 10.0. The molecular weight excluding hydrogens is 737 g/mol. The lowest BCUT2D eigenvalue weighted by Crippen LogP contribution is -2.48. The number of imidazole rings is 1. The molecule has 0 amide bonds. The van der Waals surface area contributed by atoms with Gasteiger partial charge in [-0.15, -0.1) is 0 Å². The molecule has 3 aromatic carbocycles. The fourth-order valence-corrected chi connectivity index (χ4v) is 13.7. The van der Waals surface area contributed by atoms with E-state index in [0.29, 0.717) is 59.0 Å². The molecule has 0 aliphatic heterocycles. The number of aryl methyl sites for hydroxylation is 1. The van der Waals surface area contributed by atoms with Crippen LogP contribution in [0.2, 0.25) is 16.6 Å². The van der Waals surface area contributed by atoms with Crippen LogP contribution >= 0.6 is 0 Å². The minimum atomic E-state index is -2.03. The Bertz CT molecular complexity index is 2110. The summed E-state index contributed by atoms with van der Waals surface area (Å²) in [4.78, 5) is 30.7. The minimum Gasteiger partial charge on any atom is -0.494 e. The van der Waals surface area contributed by atoms with Crippen molar-refractivity contribution in [2.45, 2.75) is 77.7 Å². The zero-order valence-corrected chi connectivity index (χ0v) is 36.5. The summed E-state index contributed by atoms with van der Waals surface area (Å²) in [7, 11) is 6.94. The van der Waals surface area contributed by atoms with Gasteiger partial charge < -0.3 is 33.6 Å². The first-order valence-corrected chi connectivity index (χ1v) is 21.9. The highest BCUT2D eigenvalue weighted by atomic mass is 28.4. The molecule has 0 aliphatic rings. The zero-order chi connectivity index (χ0) is 41.4. The van der Waals surface area contributed by atoms with Gasteiger partial charge >= 0.3 is 0 Å². The van der Waals surface area contributed by atoms with Gasteiger partial charge in [0.1, 0.15) is 24.0 Å². The van der Waals surface area contributed by atoms with Gasteiger partial charge in [0.15, 0.2) is 8.32 Å². The molecule has 0 spiro atoms. The second-order valence-electron chi connectivity index (χ2n) is 15.8. The van der Waals surface area contributed by atoms with E-state index in [1.807, 2.05) is 49.1 Å². The number of nitrogens with zero attached hydrogens (tertiary/aromatic N) is 7. The number of aromatic nitrogens is 4. The minimum absolute atomic E-state index is 0.0591. The predicted molar refractivity (Wildman–Crippen MR) is 233 cm³/mol. The summed E-state index contributed by atoms with van der Waals surface area (Å²) in [5.41, 5.74) is 5.36. The number of hydrogen-bond donors (Lipinski definition) is 1. The molecule has 2 aromatic heterocycles. The average molecular weight is 797 g/mol. The van der Waals surface area contributed by atoms with Crippen LogP contribution in [0.15, 0.2) is 66.9 Å². The van der Waals surface area contributed by atoms with E-state index >= 15 is 0 Å². The third-order valence-electron chi connectivity index (χ3n) is 10.9. The molecule has 14 heteroatoms. The maximum Gasteiger partial charge on any atom is 0.294 e. The summed E-state index contributed by atoms with van der Waals surface area (Å²) in [6.45, 7) is 16.1. The molecule has 0 aliphatic carbocycles. The topological polar surface area (TPSA) is 133 Å². The highest BCUT2D eigenvalue weighted by Gasteiger charge is 2.44.